The van der Waals surface area contributed by atoms with Gasteiger partial charge in [-0.15, -0.1) is 0 Å². The van der Waals surface area contributed by atoms with Crippen LogP contribution < -0.4 is 10.6 Å². The van der Waals surface area contributed by atoms with Crippen LogP contribution in [0.25, 0.3) is 0 Å². The van der Waals surface area contributed by atoms with Gasteiger partial charge >= 0.3 is 0 Å². The molecule has 1 atom stereocenters. The number of ketones is 1. The highest BCUT2D eigenvalue weighted by Crippen LogP contribution is 2.34. The highest BCUT2D eigenvalue weighted by atomic mass is 35.5. The third-order valence-electron chi connectivity index (χ3n) is 7.13. The monoisotopic (exact) mass is 536 g/mol. The standard InChI is InChI=1S/C26H31ClF2N4O4/c27-19-11-17(28)12-20(29)22(19)33-25(35)16-8-6-15(7-9-16)3-1-5-21(34)23-24(32-14-31-23)26(36)30-13-18-4-2-10-37-18/h11-12,14-16,18H,1-10,13H2,(H,30,36)(H,31,32)(H,33,35)/t15?,16?,18-/m0/s1. The normalized spacial score (nSPS) is 21.5. The zero-order chi connectivity index (χ0) is 26.4. The second-order valence-corrected chi connectivity index (χ2v) is 10.1. The van der Waals surface area contributed by atoms with Crippen molar-refractivity contribution in [1.82, 2.24) is 15.3 Å². The fraction of sp³-hybridized carbons (Fsp3) is 0.538. The van der Waals surface area contributed by atoms with Gasteiger partial charge in [-0.05, 0) is 56.9 Å². The predicted molar refractivity (Wildman–Crippen MR) is 134 cm³/mol. The minimum atomic E-state index is -0.905. The van der Waals surface area contributed by atoms with Crippen molar-refractivity contribution in [1.29, 1.82) is 0 Å². The van der Waals surface area contributed by atoms with Crippen LogP contribution in [0.1, 0.15) is 78.8 Å². The van der Waals surface area contributed by atoms with Crippen LogP contribution >= 0.6 is 11.6 Å². The number of nitrogens with one attached hydrogen (secondary N) is 3. The van der Waals surface area contributed by atoms with E-state index in [1.54, 1.807) is 0 Å². The maximum atomic E-state index is 14.0. The van der Waals surface area contributed by atoms with E-state index in [0.29, 0.717) is 44.4 Å². The molecule has 8 nitrogen and oxygen atoms in total. The zero-order valence-corrected chi connectivity index (χ0v) is 21.2. The molecule has 0 radical (unpaired) electrons. The number of ether oxygens (including phenoxy) is 1. The highest BCUT2D eigenvalue weighted by molar-refractivity contribution is 6.33. The zero-order valence-electron chi connectivity index (χ0n) is 20.5. The number of halogens is 3. The molecule has 2 heterocycles. The lowest BCUT2D eigenvalue weighted by Crippen LogP contribution is -2.32. The minimum Gasteiger partial charge on any atom is -0.376 e. The Balaban J connectivity index is 1.18. The van der Waals surface area contributed by atoms with Gasteiger partial charge in [0.2, 0.25) is 5.91 Å². The van der Waals surface area contributed by atoms with Gasteiger partial charge in [0.1, 0.15) is 17.2 Å². The largest absolute Gasteiger partial charge is 0.376 e. The SMILES string of the molecule is O=C(CCCC1CCC(C(=O)Nc2c(F)cc(F)cc2Cl)CC1)c1nc[nH]c1C(=O)NC[C@@H]1CCCO1. The van der Waals surface area contributed by atoms with Gasteiger partial charge in [-0.1, -0.05) is 18.0 Å². The third kappa shape index (κ3) is 7.13. The fourth-order valence-electron chi connectivity index (χ4n) is 5.05. The van der Waals surface area contributed by atoms with Crippen molar-refractivity contribution < 1.29 is 27.9 Å². The molecule has 2 amide bonds. The van der Waals surface area contributed by atoms with Crippen LogP contribution in [0.5, 0.6) is 0 Å². The molecule has 0 spiro atoms. The molecule has 200 valence electrons. The van der Waals surface area contributed by atoms with Crippen molar-refractivity contribution in [3.05, 3.63) is 46.5 Å². The summed E-state index contributed by atoms with van der Waals surface area (Å²) in [5.41, 5.74) is 0.121. The van der Waals surface area contributed by atoms with Crippen LogP contribution in [0.4, 0.5) is 14.5 Å². The maximum Gasteiger partial charge on any atom is 0.270 e. The summed E-state index contributed by atoms with van der Waals surface area (Å²) in [5.74, 6) is -2.50. The van der Waals surface area contributed by atoms with Crippen LogP contribution in [0.2, 0.25) is 5.02 Å². The number of hydrogen-bond donors (Lipinski definition) is 3. The van der Waals surface area contributed by atoms with E-state index in [1.807, 2.05) is 0 Å². The Kier molecular flexibility index (Phi) is 9.26. The fourth-order valence-corrected chi connectivity index (χ4v) is 5.29. The Labute approximate surface area is 218 Å². The number of amides is 2. The number of benzene rings is 1. The van der Waals surface area contributed by atoms with Crippen LogP contribution in [0.3, 0.4) is 0 Å². The summed E-state index contributed by atoms with van der Waals surface area (Å²) in [6.45, 7) is 1.10. The molecule has 1 aromatic heterocycles. The molecule has 1 aliphatic carbocycles. The van der Waals surface area contributed by atoms with Gasteiger partial charge in [-0.2, -0.15) is 0 Å². The molecule has 1 aromatic carbocycles. The molecule has 4 rings (SSSR count). The van der Waals surface area contributed by atoms with Crippen LogP contribution in [0.15, 0.2) is 18.5 Å². The van der Waals surface area contributed by atoms with Crippen molar-refractivity contribution in [2.24, 2.45) is 11.8 Å². The number of imidazole rings is 1. The summed E-state index contributed by atoms with van der Waals surface area (Å²) in [4.78, 5) is 44.6. The molecule has 37 heavy (non-hydrogen) atoms. The number of carbonyl (C=O) groups is 3. The lowest BCUT2D eigenvalue weighted by atomic mass is 9.79. The average Bonchev–Trinajstić information content (AvgIpc) is 3.57. The molecule has 3 N–H and O–H groups in total. The van der Waals surface area contributed by atoms with Gasteiger partial charge in [0.05, 0.1) is 23.1 Å². The lowest BCUT2D eigenvalue weighted by Gasteiger charge is -2.28. The summed E-state index contributed by atoms with van der Waals surface area (Å²) < 4.78 is 32.7. The summed E-state index contributed by atoms with van der Waals surface area (Å²) in [7, 11) is 0. The first-order valence-electron chi connectivity index (χ1n) is 12.7. The number of anilines is 1. The third-order valence-corrected chi connectivity index (χ3v) is 7.43. The molecule has 2 aromatic rings. The molecule has 1 aliphatic heterocycles. The Hall–Kier alpha value is -2.85. The highest BCUT2D eigenvalue weighted by Gasteiger charge is 2.28. The van der Waals surface area contributed by atoms with Gasteiger partial charge in [0.25, 0.3) is 5.91 Å². The first kappa shape index (κ1) is 27.2. The Morgan fingerprint density at radius 1 is 1.14 bits per heavy atom. The van der Waals surface area contributed by atoms with Gasteiger partial charge in [0, 0.05) is 31.6 Å². The molecular weight excluding hydrogens is 506 g/mol. The van der Waals surface area contributed by atoms with E-state index in [9.17, 15) is 23.2 Å². The number of nitrogens with zero attached hydrogens (tertiary/aromatic N) is 1. The van der Waals surface area contributed by atoms with Crippen molar-refractivity contribution in [3.63, 3.8) is 0 Å². The van der Waals surface area contributed by atoms with Crippen molar-refractivity contribution in [2.75, 3.05) is 18.5 Å². The van der Waals surface area contributed by atoms with E-state index < -0.39 is 11.6 Å². The van der Waals surface area contributed by atoms with Crippen LogP contribution in [0, 0.1) is 23.5 Å². The first-order valence-corrected chi connectivity index (χ1v) is 13.1. The Bertz CT molecular complexity index is 1100. The predicted octanol–water partition coefficient (Wildman–Crippen LogP) is 5.05. The average molecular weight is 537 g/mol. The molecular formula is C26H31ClF2N4O4. The van der Waals surface area contributed by atoms with Gasteiger partial charge < -0.3 is 20.4 Å². The molecule has 2 aliphatic rings. The molecule has 1 saturated heterocycles. The summed E-state index contributed by atoms with van der Waals surface area (Å²) >= 11 is 5.87. The van der Waals surface area contributed by atoms with Gasteiger partial charge in [0.15, 0.2) is 11.6 Å². The van der Waals surface area contributed by atoms with Crippen molar-refractivity contribution in [3.8, 4) is 0 Å². The number of carbonyl (C=O) groups excluding carboxylic acids is 3. The number of aromatic nitrogens is 2. The summed E-state index contributed by atoms with van der Waals surface area (Å²) in [5, 5.41) is 5.12. The Morgan fingerprint density at radius 2 is 1.92 bits per heavy atom. The smallest absolute Gasteiger partial charge is 0.270 e. The van der Waals surface area contributed by atoms with E-state index in [2.05, 4.69) is 20.6 Å². The molecule has 1 saturated carbocycles. The van der Waals surface area contributed by atoms with E-state index in [-0.39, 0.29) is 58.1 Å². The second-order valence-electron chi connectivity index (χ2n) is 9.74. The summed E-state index contributed by atoms with van der Waals surface area (Å²) in [6, 6.07) is 1.64. The van der Waals surface area contributed by atoms with Gasteiger partial charge in [-0.25, -0.2) is 13.8 Å². The number of H-pyrrole nitrogens is 1. The second kappa shape index (κ2) is 12.6. The van der Waals surface area contributed by atoms with E-state index >= 15 is 0 Å². The van der Waals surface area contributed by atoms with E-state index in [0.717, 1.165) is 38.2 Å². The number of Topliss-reactive ketones (excluding diaryl/α,β-unsaturated/α-hetero) is 1. The molecule has 2 fully saturated rings. The molecule has 11 heteroatoms. The molecule has 0 bridgehead atoms. The number of aromatic amines is 1. The van der Waals surface area contributed by atoms with Gasteiger partial charge in [-0.3, -0.25) is 14.4 Å². The topological polar surface area (TPSA) is 113 Å². The van der Waals surface area contributed by atoms with Crippen molar-refractivity contribution in [2.45, 2.75) is 63.9 Å². The van der Waals surface area contributed by atoms with Crippen LogP contribution in [-0.2, 0) is 9.53 Å². The summed E-state index contributed by atoms with van der Waals surface area (Å²) in [6.07, 6.45) is 7.90. The van der Waals surface area contributed by atoms with Crippen LogP contribution in [-0.4, -0.2) is 46.8 Å². The van der Waals surface area contributed by atoms with E-state index in [1.165, 1.54) is 6.33 Å². The Morgan fingerprint density at radius 3 is 2.62 bits per heavy atom. The number of rotatable bonds is 10. The minimum absolute atomic E-state index is 0.00840. The molecule has 0 unspecified atom stereocenters. The quantitative estimate of drug-likeness (QED) is 0.368. The van der Waals surface area contributed by atoms with E-state index in [4.69, 9.17) is 16.3 Å². The lowest BCUT2D eigenvalue weighted by molar-refractivity contribution is -0.121. The number of hydrogen-bond acceptors (Lipinski definition) is 5. The maximum absolute atomic E-state index is 14.0. The first-order chi connectivity index (χ1) is 17.8. The van der Waals surface area contributed by atoms with Crippen molar-refractivity contribution >= 4 is 34.9 Å².